The summed E-state index contributed by atoms with van der Waals surface area (Å²) in [6.45, 7) is 0.166. The molecule has 0 aliphatic carbocycles. The second-order valence-electron chi connectivity index (χ2n) is 7.99. The molecule has 2 aromatic carbocycles. The lowest BCUT2D eigenvalue weighted by Crippen LogP contribution is -2.43. The lowest BCUT2D eigenvalue weighted by Gasteiger charge is -2.15. The van der Waals surface area contributed by atoms with Crippen LogP contribution >= 0.6 is 0 Å². The Bertz CT molecular complexity index is 1410. The first-order chi connectivity index (χ1) is 16.4. The molecule has 4 rings (SSSR count). The summed E-state index contributed by atoms with van der Waals surface area (Å²) in [5, 5.41) is 17.1. The highest BCUT2D eigenvalue weighted by molar-refractivity contribution is 6.11. The van der Waals surface area contributed by atoms with Gasteiger partial charge in [-0.3, -0.25) is 9.79 Å². The van der Waals surface area contributed by atoms with Crippen molar-refractivity contribution in [1.82, 2.24) is 5.32 Å². The van der Waals surface area contributed by atoms with E-state index in [4.69, 9.17) is 15.9 Å². The number of nitrogens with one attached hydrogen (secondary N) is 2. The molecule has 176 valence electrons. The summed E-state index contributed by atoms with van der Waals surface area (Å²) in [5.41, 5.74) is 14.5. The topological polar surface area (TPSA) is 160 Å². The number of carbonyl (C=O) groups is 2. The lowest BCUT2D eigenvalue weighted by molar-refractivity contribution is -0.616. The third-order valence-electron chi connectivity index (χ3n) is 5.67. The molecule has 10 nitrogen and oxygen atoms in total. The van der Waals surface area contributed by atoms with Crippen LogP contribution in [-0.4, -0.2) is 42.1 Å². The van der Waals surface area contributed by atoms with Crippen molar-refractivity contribution in [3.05, 3.63) is 48.5 Å². The zero-order chi connectivity index (χ0) is 24.2. The van der Waals surface area contributed by atoms with Crippen LogP contribution in [0.5, 0.6) is 0 Å². The quantitative estimate of drug-likeness (QED) is 0.109. The predicted molar refractivity (Wildman–Crippen MR) is 130 cm³/mol. The van der Waals surface area contributed by atoms with Crippen molar-refractivity contribution in [1.29, 1.82) is 0 Å². The van der Waals surface area contributed by atoms with Crippen LogP contribution in [0.3, 0.4) is 0 Å². The minimum Gasteiger partial charge on any atom is -0.480 e. The van der Waals surface area contributed by atoms with Crippen LogP contribution in [0.4, 0.5) is 5.69 Å². The standard InChI is InChI=1S/C24H26N6O4/c1-30-17-10-4-2-7-14(17)20(22-21(30)15-8-3-5-11-18(15)34-22)28-13-19(31)29-16(23(32)33)9-6-12-27-24(25)26/h2-5,7-8,10-11,16H,6,9,12-13H2,1H3,(H6,25,26,27,29,31,32,33)/p+1/t16-/m0/s1. The van der Waals surface area contributed by atoms with Gasteiger partial charge in [0.15, 0.2) is 5.96 Å². The van der Waals surface area contributed by atoms with Crippen LogP contribution in [-0.2, 0) is 16.6 Å². The zero-order valence-corrected chi connectivity index (χ0v) is 18.7. The highest BCUT2D eigenvalue weighted by Gasteiger charge is 2.25. The van der Waals surface area contributed by atoms with Crippen LogP contribution in [0.2, 0.25) is 0 Å². The average Bonchev–Trinajstić information content (AvgIpc) is 3.20. The SMILES string of the molecule is C[n+]1c2ccccc2c(NCC(=O)N[C@@H](CCCN=C(N)N)C(=O)O)c2oc3ccccc3c21. The fourth-order valence-electron chi connectivity index (χ4n) is 4.11. The lowest BCUT2D eigenvalue weighted by atomic mass is 10.1. The molecule has 0 bridgehead atoms. The second-order valence-corrected chi connectivity index (χ2v) is 7.99. The van der Waals surface area contributed by atoms with Gasteiger partial charge in [0.2, 0.25) is 17.0 Å². The van der Waals surface area contributed by atoms with E-state index in [2.05, 4.69) is 20.2 Å². The predicted octanol–water partition coefficient (Wildman–Crippen LogP) is 1.60. The van der Waals surface area contributed by atoms with E-state index >= 15 is 0 Å². The fraction of sp³-hybridized carbons (Fsp3) is 0.250. The van der Waals surface area contributed by atoms with Crippen molar-refractivity contribution < 1.29 is 23.7 Å². The molecule has 4 aromatic rings. The molecule has 34 heavy (non-hydrogen) atoms. The molecule has 0 aliphatic rings. The van der Waals surface area contributed by atoms with Crippen molar-refractivity contribution in [3.63, 3.8) is 0 Å². The first kappa shape index (κ1) is 22.8. The summed E-state index contributed by atoms with van der Waals surface area (Å²) in [6, 6.07) is 14.5. The molecule has 0 aliphatic heterocycles. The number of aliphatic carboxylic acids is 1. The molecule has 0 spiro atoms. The van der Waals surface area contributed by atoms with Gasteiger partial charge in [0.05, 0.1) is 23.0 Å². The van der Waals surface area contributed by atoms with Crippen molar-refractivity contribution >= 4 is 56.5 Å². The zero-order valence-electron chi connectivity index (χ0n) is 18.7. The number of carboxylic acid groups (broad SMARTS) is 1. The number of hydrogen-bond acceptors (Lipinski definition) is 5. The van der Waals surface area contributed by atoms with E-state index in [9.17, 15) is 14.7 Å². The maximum absolute atomic E-state index is 12.6. The van der Waals surface area contributed by atoms with Crippen LogP contribution in [0.25, 0.3) is 33.0 Å². The highest BCUT2D eigenvalue weighted by Crippen LogP contribution is 2.35. The number of carboxylic acids is 1. The van der Waals surface area contributed by atoms with E-state index < -0.39 is 17.9 Å². The number of hydrogen-bond donors (Lipinski definition) is 5. The number of aromatic nitrogens is 1. The number of aryl methyl sites for hydroxylation is 1. The van der Waals surface area contributed by atoms with E-state index in [1.807, 2.05) is 55.6 Å². The molecule has 0 saturated carbocycles. The van der Waals surface area contributed by atoms with Crippen LogP contribution in [0, 0.1) is 0 Å². The van der Waals surface area contributed by atoms with Gasteiger partial charge in [-0.1, -0.05) is 24.3 Å². The molecule has 1 atom stereocenters. The summed E-state index contributed by atoms with van der Waals surface area (Å²) >= 11 is 0. The van der Waals surface area contributed by atoms with Gasteiger partial charge < -0.3 is 31.6 Å². The van der Waals surface area contributed by atoms with Crippen molar-refractivity contribution in [2.75, 3.05) is 18.4 Å². The van der Waals surface area contributed by atoms with E-state index in [0.717, 1.165) is 27.4 Å². The molecule has 2 aromatic heterocycles. The Morgan fingerprint density at radius 1 is 1.12 bits per heavy atom. The number of amides is 1. The number of benzene rings is 2. The smallest absolute Gasteiger partial charge is 0.326 e. The van der Waals surface area contributed by atoms with E-state index in [1.54, 1.807) is 0 Å². The number of carbonyl (C=O) groups excluding carboxylic acids is 1. The summed E-state index contributed by atoms with van der Waals surface area (Å²) in [4.78, 5) is 28.1. The van der Waals surface area contributed by atoms with Crippen LogP contribution in [0.1, 0.15) is 12.8 Å². The van der Waals surface area contributed by atoms with Crippen LogP contribution < -0.4 is 26.7 Å². The van der Waals surface area contributed by atoms with Crippen molar-refractivity contribution in [3.8, 4) is 0 Å². The Hall–Kier alpha value is -4.34. The Morgan fingerprint density at radius 2 is 1.82 bits per heavy atom. The fourth-order valence-corrected chi connectivity index (χ4v) is 4.11. The number of aliphatic imine (C=N–C) groups is 1. The summed E-state index contributed by atoms with van der Waals surface area (Å²) in [7, 11) is 1.98. The molecule has 2 heterocycles. The molecular formula is C24H27N6O4+. The summed E-state index contributed by atoms with van der Waals surface area (Å²) in [6.07, 6.45) is 0.623. The van der Waals surface area contributed by atoms with E-state index in [-0.39, 0.29) is 25.5 Å². The number of para-hydroxylation sites is 2. The second kappa shape index (κ2) is 9.65. The number of nitrogens with zero attached hydrogens (tertiary/aromatic N) is 2. The van der Waals surface area contributed by atoms with Crippen molar-refractivity contribution in [2.24, 2.45) is 23.5 Å². The third kappa shape index (κ3) is 4.56. The third-order valence-corrected chi connectivity index (χ3v) is 5.67. The number of rotatable bonds is 9. The Balaban J connectivity index is 1.59. The summed E-state index contributed by atoms with van der Waals surface area (Å²) < 4.78 is 8.24. The molecular weight excluding hydrogens is 436 g/mol. The highest BCUT2D eigenvalue weighted by atomic mass is 16.4. The maximum atomic E-state index is 12.6. The molecule has 10 heteroatoms. The Morgan fingerprint density at radius 3 is 2.56 bits per heavy atom. The number of pyridine rings is 1. The number of guanidine groups is 1. The average molecular weight is 464 g/mol. The van der Waals surface area contributed by atoms with Gasteiger partial charge in [-0.2, -0.15) is 4.57 Å². The number of furan rings is 1. The van der Waals surface area contributed by atoms with Gasteiger partial charge in [0, 0.05) is 12.6 Å². The Kier molecular flexibility index (Phi) is 6.48. The minimum atomic E-state index is -1.12. The minimum absolute atomic E-state index is 0.0551. The molecule has 1 amide bonds. The normalized spacial score (nSPS) is 12.0. The van der Waals surface area contributed by atoms with Gasteiger partial charge in [0.25, 0.3) is 5.52 Å². The van der Waals surface area contributed by atoms with Gasteiger partial charge in [-0.05, 0) is 31.0 Å². The molecule has 0 unspecified atom stereocenters. The van der Waals surface area contributed by atoms with Gasteiger partial charge in [0.1, 0.15) is 18.7 Å². The number of nitrogens with two attached hydrogens (primary N) is 2. The van der Waals surface area contributed by atoms with Gasteiger partial charge >= 0.3 is 5.97 Å². The summed E-state index contributed by atoms with van der Waals surface area (Å²) in [5.74, 6) is -1.62. The van der Waals surface area contributed by atoms with Gasteiger partial charge in [-0.15, -0.1) is 0 Å². The first-order valence-corrected chi connectivity index (χ1v) is 10.9. The number of anilines is 1. The van der Waals surface area contributed by atoms with Crippen molar-refractivity contribution in [2.45, 2.75) is 18.9 Å². The number of fused-ring (bicyclic) bond motifs is 4. The first-order valence-electron chi connectivity index (χ1n) is 10.9. The molecule has 7 N–H and O–H groups in total. The van der Waals surface area contributed by atoms with Gasteiger partial charge in [-0.25, -0.2) is 4.79 Å². The molecule has 0 fully saturated rings. The largest absolute Gasteiger partial charge is 0.480 e. The molecule has 0 saturated heterocycles. The maximum Gasteiger partial charge on any atom is 0.326 e. The van der Waals surface area contributed by atoms with Crippen LogP contribution in [0.15, 0.2) is 57.9 Å². The van der Waals surface area contributed by atoms with E-state index in [1.165, 1.54) is 0 Å². The van der Waals surface area contributed by atoms with E-state index in [0.29, 0.717) is 17.7 Å². The molecule has 0 radical (unpaired) electrons. The monoisotopic (exact) mass is 463 g/mol. The Labute approximate surface area is 195 Å².